The van der Waals surface area contributed by atoms with Crippen molar-refractivity contribution in [1.82, 2.24) is 5.06 Å². The quantitative estimate of drug-likeness (QED) is 0.595. The van der Waals surface area contributed by atoms with Crippen LogP contribution in [0.15, 0.2) is 24.3 Å². The molecule has 2 rings (SSSR count). The minimum atomic E-state index is -0.470. The maximum Gasteiger partial charge on any atom is 0.254 e. The lowest BCUT2D eigenvalue weighted by atomic mass is 9.87. The summed E-state index contributed by atoms with van der Waals surface area (Å²) >= 11 is 8.34. The fourth-order valence-corrected chi connectivity index (χ4v) is 3.36. The molecule has 0 bridgehead atoms. The monoisotopic (exact) mass is 379 g/mol. The van der Waals surface area contributed by atoms with Crippen molar-refractivity contribution in [3.63, 3.8) is 0 Å². The predicted molar refractivity (Wildman–Crippen MR) is 79.5 cm³/mol. The molecule has 0 spiro atoms. The first kappa shape index (κ1) is 14.1. The molecule has 0 aromatic heterocycles. The first-order chi connectivity index (χ1) is 8.46. The second-order valence-electron chi connectivity index (χ2n) is 4.90. The third-order valence-corrected chi connectivity index (χ3v) is 4.42. The molecule has 1 heterocycles. The lowest BCUT2D eigenvalue weighted by Crippen LogP contribution is -2.33. The van der Waals surface area contributed by atoms with Gasteiger partial charge in [0.05, 0.1) is 12.0 Å². The van der Waals surface area contributed by atoms with E-state index in [1.54, 1.807) is 0 Å². The van der Waals surface area contributed by atoms with E-state index in [-0.39, 0.29) is 12.0 Å². The van der Waals surface area contributed by atoms with Crippen molar-refractivity contribution in [3.8, 4) is 0 Å². The van der Waals surface area contributed by atoms with Crippen LogP contribution in [0.1, 0.15) is 19.4 Å². The minimum Gasteiger partial charge on any atom is -0.272 e. The molecule has 1 aromatic carbocycles. The molecule has 1 fully saturated rings. The van der Waals surface area contributed by atoms with Crippen molar-refractivity contribution in [3.05, 3.63) is 34.9 Å². The number of benzene rings is 1. The molecular formula is C13H15ClINO2. The Labute approximate surface area is 126 Å². The number of carbonyl (C=O) groups is 1. The van der Waals surface area contributed by atoms with Crippen LogP contribution in [0, 0.1) is 5.41 Å². The van der Waals surface area contributed by atoms with Gasteiger partial charge < -0.3 is 0 Å². The van der Waals surface area contributed by atoms with E-state index < -0.39 is 5.41 Å². The number of hydrogen-bond donors (Lipinski definition) is 0. The summed E-state index contributed by atoms with van der Waals surface area (Å²) in [7, 11) is 0. The molecule has 1 aliphatic rings. The molecule has 5 heteroatoms. The van der Waals surface area contributed by atoms with Crippen molar-refractivity contribution < 1.29 is 9.63 Å². The lowest BCUT2D eigenvalue weighted by Gasteiger charge is -2.18. The minimum absolute atomic E-state index is 0.0177. The van der Waals surface area contributed by atoms with Gasteiger partial charge in [-0.15, -0.1) is 0 Å². The van der Waals surface area contributed by atoms with E-state index in [1.807, 2.05) is 38.1 Å². The highest BCUT2D eigenvalue weighted by molar-refractivity contribution is 14.1. The summed E-state index contributed by atoms with van der Waals surface area (Å²) in [6.07, 6.45) is -0.0758. The molecule has 0 aliphatic carbocycles. The van der Waals surface area contributed by atoms with Gasteiger partial charge in [0, 0.05) is 9.45 Å². The molecule has 98 valence electrons. The topological polar surface area (TPSA) is 29.5 Å². The molecular weight excluding hydrogens is 365 g/mol. The van der Waals surface area contributed by atoms with Gasteiger partial charge in [0.1, 0.15) is 6.10 Å². The van der Waals surface area contributed by atoms with Crippen LogP contribution in [0.3, 0.4) is 0 Å². The second-order valence-corrected chi connectivity index (χ2v) is 6.19. The van der Waals surface area contributed by atoms with E-state index in [1.165, 1.54) is 5.06 Å². The number of hydroxylamine groups is 2. The van der Waals surface area contributed by atoms with E-state index in [9.17, 15) is 4.79 Å². The van der Waals surface area contributed by atoms with Crippen molar-refractivity contribution in [2.75, 3.05) is 4.43 Å². The summed E-state index contributed by atoms with van der Waals surface area (Å²) in [5.74, 6) is 0.0177. The number of hydrogen-bond acceptors (Lipinski definition) is 2. The smallest absolute Gasteiger partial charge is 0.254 e. The summed E-state index contributed by atoms with van der Waals surface area (Å²) < 4.78 is 0.787. The largest absolute Gasteiger partial charge is 0.272 e. The summed E-state index contributed by atoms with van der Waals surface area (Å²) in [6.45, 7) is 4.24. The highest BCUT2D eigenvalue weighted by Gasteiger charge is 2.48. The maximum absolute atomic E-state index is 12.3. The van der Waals surface area contributed by atoms with Gasteiger partial charge in [-0.3, -0.25) is 9.63 Å². The molecule has 18 heavy (non-hydrogen) atoms. The fourth-order valence-electron chi connectivity index (χ4n) is 1.90. The zero-order valence-electron chi connectivity index (χ0n) is 10.3. The standard InChI is InChI=1S/C13H15ClINO2/c1-13(2)11(7-15)18-16(12(13)17)8-9-5-3-4-6-10(9)14/h3-6,11H,7-8H2,1-2H3. The molecule has 3 nitrogen and oxygen atoms in total. The zero-order chi connectivity index (χ0) is 13.3. The van der Waals surface area contributed by atoms with Crippen LogP contribution in [0.5, 0.6) is 0 Å². The Balaban J connectivity index is 2.17. The molecule has 1 aromatic rings. The van der Waals surface area contributed by atoms with E-state index >= 15 is 0 Å². The Kier molecular flexibility index (Phi) is 4.18. The maximum atomic E-state index is 12.3. The van der Waals surface area contributed by atoms with Crippen molar-refractivity contribution in [2.45, 2.75) is 26.5 Å². The van der Waals surface area contributed by atoms with Crippen LogP contribution < -0.4 is 0 Å². The van der Waals surface area contributed by atoms with E-state index in [0.717, 1.165) is 9.99 Å². The van der Waals surface area contributed by atoms with Crippen molar-refractivity contribution in [2.24, 2.45) is 5.41 Å². The van der Waals surface area contributed by atoms with Crippen LogP contribution in [0.25, 0.3) is 0 Å². The number of amides is 1. The average molecular weight is 380 g/mol. The highest BCUT2D eigenvalue weighted by Crippen LogP contribution is 2.36. The Bertz CT molecular complexity index is 464. The van der Waals surface area contributed by atoms with Crippen LogP contribution >= 0.6 is 34.2 Å². The number of nitrogens with zero attached hydrogens (tertiary/aromatic N) is 1. The van der Waals surface area contributed by atoms with E-state index in [2.05, 4.69) is 22.6 Å². The van der Waals surface area contributed by atoms with Crippen molar-refractivity contribution in [1.29, 1.82) is 0 Å². The van der Waals surface area contributed by atoms with Gasteiger partial charge in [0.25, 0.3) is 5.91 Å². The molecule has 1 atom stereocenters. The summed E-state index contributed by atoms with van der Waals surface area (Å²) in [6, 6.07) is 7.50. The number of alkyl halides is 1. The number of halogens is 2. The average Bonchev–Trinajstić information content (AvgIpc) is 2.55. The van der Waals surface area contributed by atoms with Crippen LogP contribution in [-0.2, 0) is 16.2 Å². The Morgan fingerprint density at radius 2 is 2.11 bits per heavy atom. The molecule has 1 unspecified atom stereocenters. The lowest BCUT2D eigenvalue weighted by molar-refractivity contribution is -0.173. The van der Waals surface area contributed by atoms with Gasteiger partial charge >= 0.3 is 0 Å². The Hall–Kier alpha value is -0.330. The summed E-state index contributed by atoms with van der Waals surface area (Å²) in [5.41, 5.74) is 0.431. The summed E-state index contributed by atoms with van der Waals surface area (Å²) in [5, 5.41) is 2.09. The third-order valence-electron chi connectivity index (χ3n) is 3.25. The zero-order valence-corrected chi connectivity index (χ0v) is 13.2. The number of carbonyl (C=O) groups excluding carboxylic acids is 1. The van der Waals surface area contributed by atoms with E-state index in [0.29, 0.717) is 11.6 Å². The van der Waals surface area contributed by atoms with E-state index in [4.69, 9.17) is 16.4 Å². The van der Waals surface area contributed by atoms with Crippen molar-refractivity contribution >= 4 is 40.1 Å². The molecule has 0 radical (unpaired) electrons. The van der Waals surface area contributed by atoms with Gasteiger partial charge in [-0.2, -0.15) is 0 Å². The Morgan fingerprint density at radius 1 is 1.44 bits per heavy atom. The first-order valence-electron chi connectivity index (χ1n) is 5.75. The van der Waals surface area contributed by atoms with Gasteiger partial charge in [-0.05, 0) is 25.5 Å². The highest BCUT2D eigenvalue weighted by atomic mass is 127. The van der Waals surface area contributed by atoms with Gasteiger partial charge in [-0.1, -0.05) is 52.4 Å². The molecule has 1 aliphatic heterocycles. The predicted octanol–water partition coefficient (Wildman–Crippen LogP) is 3.44. The molecule has 1 saturated heterocycles. The first-order valence-corrected chi connectivity index (χ1v) is 7.65. The van der Waals surface area contributed by atoms with Crippen LogP contribution in [0.2, 0.25) is 5.02 Å². The van der Waals surface area contributed by atoms with Gasteiger partial charge in [-0.25, -0.2) is 5.06 Å². The number of rotatable bonds is 3. The van der Waals surface area contributed by atoms with Crippen LogP contribution in [-0.4, -0.2) is 21.5 Å². The van der Waals surface area contributed by atoms with Crippen LogP contribution in [0.4, 0.5) is 0 Å². The SMILES string of the molecule is CC1(C)C(=O)N(Cc2ccccc2Cl)OC1CI. The Morgan fingerprint density at radius 3 is 2.67 bits per heavy atom. The molecule has 1 amide bonds. The molecule has 0 saturated carbocycles. The van der Waals surface area contributed by atoms with Gasteiger partial charge in [0.15, 0.2) is 0 Å². The molecule has 0 N–H and O–H groups in total. The normalized spacial score (nSPS) is 22.6. The fraction of sp³-hybridized carbons (Fsp3) is 0.462. The third kappa shape index (κ3) is 2.51. The second kappa shape index (κ2) is 5.35. The summed E-state index contributed by atoms with van der Waals surface area (Å²) in [4.78, 5) is 18.0. The van der Waals surface area contributed by atoms with Gasteiger partial charge in [0.2, 0.25) is 0 Å².